The Hall–Kier alpha value is -2.68. The number of hydrogen-bond donors (Lipinski definition) is 1. The van der Waals surface area contributed by atoms with Crippen LogP contribution >= 0.6 is 0 Å². The number of ketones is 2. The lowest BCUT2D eigenvalue weighted by atomic mass is 9.77. The molecular weight excluding hydrogens is 276 g/mol. The van der Waals surface area contributed by atoms with Crippen molar-refractivity contribution >= 4 is 17.3 Å². The lowest BCUT2D eigenvalue weighted by Crippen LogP contribution is -2.27. The van der Waals surface area contributed by atoms with Crippen molar-refractivity contribution in [1.82, 2.24) is 0 Å². The van der Waals surface area contributed by atoms with Gasteiger partial charge in [0.1, 0.15) is 11.3 Å². The fourth-order valence-corrected chi connectivity index (χ4v) is 2.98. The summed E-state index contributed by atoms with van der Waals surface area (Å²) in [5.74, 6) is -1.33. The van der Waals surface area contributed by atoms with Crippen LogP contribution in [-0.2, 0) is 16.0 Å². The van der Waals surface area contributed by atoms with Crippen LogP contribution in [0.3, 0.4) is 0 Å². The number of carbonyl (C=O) groups is 2. The van der Waals surface area contributed by atoms with Gasteiger partial charge in [-0.05, 0) is 24.5 Å². The maximum Gasteiger partial charge on any atom is 0.177 e. The Morgan fingerprint density at radius 1 is 1.05 bits per heavy atom. The van der Waals surface area contributed by atoms with Gasteiger partial charge in [-0.15, -0.1) is 0 Å². The molecule has 1 aliphatic carbocycles. The summed E-state index contributed by atoms with van der Waals surface area (Å²) in [6, 6.07) is 16.9. The van der Waals surface area contributed by atoms with Gasteiger partial charge in [0.2, 0.25) is 0 Å². The summed E-state index contributed by atoms with van der Waals surface area (Å²) < 4.78 is 0. The Labute approximate surface area is 128 Å². The van der Waals surface area contributed by atoms with E-state index in [9.17, 15) is 14.7 Å². The molecule has 0 heterocycles. The quantitative estimate of drug-likeness (QED) is 0.881. The predicted molar refractivity (Wildman–Crippen MR) is 84.6 cm³/mol. The van der Waals surface area contributed by atoms with Gasteiger partial charge < -0.3 is 5.11 Å². The summed E-state index contributed by atoms with van der Waals surface area (Å²) in [6.07, 6.45) is 0.515. The third-order valence-corrected chi connectivity index (χ3v) is 4.03. The van der Waals surface area contributed by atoms with E-state index >= 15 is 0 Å². The van der Waals surface area contributed by atoms with Gasteiger partial charge in [0.25, 0.3) is 0 Å². The molecule has 3 nitrogen and oxygen atoms in total. The summed E-state index contributed by atoms with van der Waals surface area (Å²) in [5, 5.41) is 10.3. The zero-order chi connectivity index (χ0) is 15.7. The van der Waals surface area contributed by atoms with Crippen LogP contribution in [0.4, 0.5) is 0 Å². The lowest BCUT2D eigenvalue weighted by molar-refractivity contribution is -0.121. The summed E-state index contributed by atoms with van der Waals surface area (Å²) in [7, 11) is 0. The van der Waals surface area contributed by atoms with E-state index in [4.69, 9.17) is 0 Å². The highest BCUT2D eigenvalue weighted by Gasteiger charge is 2.36. The van der Waals surface area contributed by atoms with Crippen LogP contribution in [0.1, 0.15) is 29.5 Å². The van der Waals surface area contributed by atoms with Crippen molar-refractivity contribution in [3.63, 3.8) is 0 Å². The van der Waals surface area contributed by atoms with Crippen molar-refractivity contribution in [3.05, 3.63) is 76.9 Å². The molecular formula is C19H16O3. The monoisotopic (exact) mass is 292 g/mol. The first kappa shape index (κ1) is 14.3. The zero-order valence-corrected chi connectivity index (χ0v) is 12.2. The van der Waals surface area contributed by atoms with Gasteiger partial charge in [-0.2, -0.15) is 0 Å². The van der Waals surface area contributed by atoms with Crippen LogP contribution in [0.15, 0.2) is 60.2 Å². The molecule has 0 unspecified atom stereocenters. The second kappa shape index (κ2) is 5.60. The van der Waals surface area contributed by atoms with Gasteiger partial charge in [0.15, 0.2) is 11.6 Å². The molecule has 0 radical (unpaired) electrons. The largest absolute Gasteiger partial charge is 0.506 e. The molecule has 1 atom stereocenters. The number of Topliss-reactive ketones (excluding diaryl/α,β-unsaturated/α-hetero) is 2. The van der Waals surface area contributed by atoms with E-state index in [0.717, 1.165) is 11.1 Å². The zero-order valence-electron chi connectivity index (χ0n) is 12.2. The van der Waals surface area contributed by atoms with Crippen molar-refractivity contribution in [2.75, 3.05) is 0 Å². The molecule has 2 aromatic rings. The van der Waals surface area contributed by atoms with Crippen molar-refractivity contribution < 1.29 is 14.7 Å². The first-order chi connectivity index (χ1) is 10.6. The molecule has 0 spiro atoms. The third kappa shape index (κ3) is 2.35. The van der Waals surface area contributed by atoms with Gasteiger partial charge >= 0.3 is 0 Å². The molecule has 22 heavy (non-hydrogen) atoms. The maximum absolute atomic E-state index is 12.7. The number of benzene rings is 2. The van der Waals surface area contributed by atoms with E-state index in [0.29, 0.717) is 12.0 Å². The fraction of sp³-hybridized carbons (Fsp3) is 0.158. The van der Waals surface area contributed by atoms with E-state index in [1.165, 1.54) is 6.92 Å². The molecule has 1 N–H and O–H groups in total. The number of allylic oxidation sites excluding steroid dienone is 1. The molecule has 1 aliphatic rings. The van der Waals surface area contributed by atoms with Crippen LogP contribution < -0.4 is 0 Å². The molecule has 3 heteroatoms. The maximum atomic E-state index is 12.7. The minimum atomic E-state index is -0.437. The van der Waals surface area contributed by atoms with E-state index in [-0.39, 0.29) is 17.1 Å². The number of carbonyl (C=O) groups excluding carboxylic acids is 2. The van der Waals surface area contributed by atoms with Gasteiger partial charge in [0.05, 0.1) is 5.92 Å². The number of fused-ring (bicyclic) bond motifs is 1. The standard InChI is InChI=1S/C19H16O3/c1-12(20)17-18(21)15-10-6-5-9-14(15)16(19(17)22)11-13-7-3-2-4-8-13/h2-10,16,21H,11H2,1H3/t16-/m0/s1. The Kier molecular flexibility index (Phi) is 3.63. The molecule has 0 bridgehead atoms. The lowest BCUT2D eigenvalue weighted by Gasteiger charge is -2.25. The normalized spacial score (nSPS) is 17.3. The van der Waals surface area contributed by atoms with Crippen LogP contribution in [0, 0.1) is 0 Å². The summed E-state index contributed by atoms with van der Waals surface area (Å²) in [4.78, 5) is 24.5. The highest BCUT2D eigenvalue weighted by Crippen LogP contribution is 2.37. The second-order valence-corrected chi connectivity index (χ2v) is 5.47. The molecule has 3 rings (SSSR count). The van der Waals surface area contributed by atoms with Crippen molar-refractivity contribution in [3.8, 4) is 0 Å². The molecule has 0 saturated carbocycles. The fourth-order valence-electron chi connectivity index (χ4n) is 2.98. The number of aliphatic hydroxyl groups excluding tert-OH is 1. The van der Waals surface area contributed by atoms with Crippen LogP contribution in [0.25, 0.3) is 5.76 Å². The highest BCUT2D eigenvalue weighted by atomic mass is 16.3. The van der Waals surface area contributed by atoms with Crippen molar-refractivity contribution in [1.29, 1.82) is 0 Å². The first-order valence-corrected chi connectivity index (χ1v) is 7.21. The van der Waals surface area contributed by atoms with Gasteiger partial charge in [-0.1, -0.05) is 54.6 Å². The van der Waals surface area contributed by atoms with Crippen molar-refractivity contribution in [2.24, 2.45) is 0 Å². The topological polar surface area (TPSA) is 54.4 Å². The highest BCUT2D eigenvalue weighted by molar-refractivity contribution is 6.27. The van der Waals surface area contributed by atoms with Crippen LogP contribution in [0.5, 0.6) is 0 Å². The van der Waals surface area contributed by atoms with Crippen molar-refractivity contribution in [2.45, 2.75) is 19.3 Å². The SMILES string of the molecule is CC(=O)C1=C(O)c2ccccc2[C@H](Cc2ccccc2)C1=O. The molecule has 0 fully saturated rings. The molecule has 110 valence electrons. The van der Waals surface area contributed by atoms with Crippen LogP contribution in [-0.4, -0.2) is 16.7 Å². The first-order valence-electron chi connectivity index (χ1n) is 7.21. The smallest absolute Gasteiger partial charge is 0.177 e. The van der Waals surface area contributed by atoms with Gasteiger partial charge in [0, 0.05) is 5.56 Å². The Morgan fingerprint density at radius 3 is 2.36 bits per heavy atom. The average Bonchev–Trinajstić information content (AvgIpc) is 2.52. The van der Waals surface area contributed by atoms with E-state index in [1.54, 1.807) is 12.1 Å². The number of rotatable bonds is 3. The molecule has 0 amide bonds. The summed E-state index contributed by atoms with van der Waals surface area (Å²) in [5.41, 5.74) is 2.30. The van der Waals surface area contributed by atoms with E-state index in [2.05, 4.69) is 0 Å². The van der Waals surface area contributed by atoms with E-state index in [1.807, 2.05) is 42.5 Å². The molecule has 0 saturated heterocycles. The minimum Gasteiger partial charge on any atom is -0.506 e. The summed E-state index contributed by atoms with van der Waals surface area (Å²) in [6.45, 7) is 1.32. The Morgan fingerprint density at radius 2 is 1.68 bits per heavy atom. The average molecular weight is 292 g/mol. The Balaban J connectivity index is 2.11. The predicted octanol–water partition coefficient (Wildman–Crippen LogP) is 3.45. The van der Waals surface area contributed by atoms with E-state index < -0.39 is 11.7 Å². The van der Waals surface area contributed by atoms with Crippen LogP contribution in [0.2, 0.25) is 0 Å². The Bertz CT molecular complexity index is 772. The van der Waals surface area contributed by atoms with Gasteiger partial charge in [-0.3, -0.25) is 9.59 Å². The number of aliphatic hydroxyl groups is 1. The molecule has 0 aromatic heterocycles. The third-order valence-electron chi connectivity index (χ3n) is 4.03. The molecule has 2 aromatic carbocycles. The second-order valence-electron chi connectivity index (χ2n) is 5.47. The van der Waals surface area contributed by atoms with Gasteiger partial charge in [-0.25, -0.2) is 0 Å². The molecule has 0 aliphatic heterocycles. The number of hydrogen-bond acceptors (Lipinski definition) is 3. The minimum absolute atomic E-state index is 0.0837. The summed E-state index contributed by atoms with van der Waals surface area (Å²) >= 11 is 0.